The zero-order valence-electron chi connectivity index (χ0n) is 9.27. The molecule has 16 heavy (non-hydrogen) atoms. The molecule has 2 N–H and O–H groups in total. The maximum absolute atomic E-state index is 11.7. The van der Waals surface area contributed by atoms with Crippen LogP contribution >= 0.6 is 0 Å². The summed E-state index contributed by atoms with van der Waals surface area (Å²) < 4.78 is 0. The van der Waals surface area contributed by atoms with Crippen LogP contribution in [0, 0.1) is 0 Å². The molecular formula is C12H13N3O. The molecular weight excluding hydrogens is 202 g/mol. The zero-order chi connectivity index (χ0) is 11.7. The van der Waals surface area contributed by atoms with E-state index in [0.29, 0.717) is 17.2 Å². The number of hydrogen-bond donors (Lipinski definition) is 1. The number of rotatable bonds is 1. The molecule has 1 aliphatic rings. The number of amides is 1. The van der Waals surface area contributed by atoms with Crippen molar-refractivity contribution in [1.82, 2.24) is 4.90 Å². The van der Waals surface area contributed by atoms with Crippen LogP contribution in [0.5, 0.6) is 0 Å². The van der Waals surface area contributed by atoms with Crippen LogP contribution in [0.15, 0.2) is 35.0 Å². The third kappa shape index (κ3) is 1.69. The lowest BCUT2D eigenvalue weighted by Crippen LogP contribution is -2.25. The van der Waals surface area contributed by atoms with E-state index in [1.165, 1.54) is 4.90 Å². The molecule has 0 spiro atoms. The first-order chi connectivity index (χ1) is 7.59. The van der Waals surface area contributed by atoms with Gasteiger partial charge < -0.3 is 5.73 Å². The van der Waals surface area contributed by atoms with Crippen molar-refractivity contribution in [3.63, 3.8) is 0 Å². The van der Waals surface area contributed by atoms with Gasteiger partial charge in [-0.2, -0.15) is 0 Å². The van der Waals surface area contributed by atoms with Gasteiger partial charge in [-0.15, -0.1) is 0 Å². The van der Waals surface area contributed by atoms with Gasteiger partial charge in [0, 0.05) is 12.7 Å². The molecule has 0 saturated carbocycles. The van der Waals surface area contributed by atoms with Gasteiger partial charge in [-0.1, -0.05) is 18.2 Å². The van der Waals surface area contributed by atoms with Crippen LogP contribution in [0.25, 0.3) is 6.08 Å². The van der Waals surface area contributed by atoms with E-state index < -0.39 is 0 Å². The summed E-state index contributed by atoms with van der Waals surface area (Å²) >= 11 is 0. The third-order valence-corrected chi connectivity index (χ3v) is 2.58. The number of carbonyl (C=O) groups excluding carboxylic acids is 1. The molecule has 0 bridgehead atoms. The summed E-state index contributed by atoms with van der Waals surface area (Å²) in [7, 11) is 1.70. The lowest BCUT2D eigenvalue weighted by atomic mass is 10.1. The first-order valence-electron chi connectivity index (χ1n) is 4.99. The van der Waals surface area contributed by atoms with Crippen LogP contribution in [0.4, 0.5) is 5.69 Å². The topological polar surface area (TPSA) is 58.7 Å². The fourth-order valence-electron chi connectivity index (χ4n) is 1.50. The summed E-state index contributed by atoms with van der Waals surface area (Å²) in [5.41, 5.74) is 7.69. The van der Waals surface area contributed by atoms with Crippen LogP contribution < -0.4 is 5.73 Å². The molecule has 0 saturated heterocycles. The molecule has 1 aromatic carbocycles. The standard InChI is InChI=1S/C12H13N3O/c1-8-14-11(12(16)15(8)2)7-9-5-3-4-6-10(9)13/h3-7H,13H2,1-2H3/b11-7-. The molecule has 0 fully saturated rings. The minimum atomic E-state index is -0.0965. The highest BCUT2D eigenvalue weighted by Crippen LogP contribution is 2.19. The number of amidine groups is 1. The van der Waals surface area contributed by atoms with E-state index in [0.717, 1.165) is 5.56 Å². The van der Waals surface area contributed by atoms with Crippen LogP contribution in [0.2, 0.25) is 0 Å². The van der Waals surface area contributed by atoms with E-state index in [2.05, 4.69) is 4.99 Å². The summed E-state index contributed by atoms with van der Waals surface area (Å²) in [6, 6.07) is 7.39. The van der Waals surface area contributed by atoms with E-state index in [1.54, 1.807) is 26.1 Å². The Balaban J connectivity index is 2.41. The molecule has 0 aliphatic carbocycles. The van der Waals surface area contributed by atoms with Gasteiger partial charge in [-0.3, -0.25) is 9.69 Å². The third-order valence-electron chi connectivity index (χ3n) is 2.58. The van der Waals surface area contributed by atoms with Crippen LogP contribution in [0.3, 0.4) is 0 Å². The van der Waals surface area contributed by atoms with Gasteiger partial charge in [-0.05, 0) is 24.6 Å². The molecule has 4 nitrogen and oxygen atoms in total. The Morgan fingerprint density at radius 3 is 2.62 bits per heavy atom. The van der Waals surface area contributed by atoms with Crippen molar-refractivity contribution in [2.45, 2.75) is 6.92 Å². The van der Waals surface area contributed by atoms with E-state index in [4.69, 9.17) is 5.73 Å². The van der Waals surface area contributed by atoms with Crippen LogP contribution in [-0.4, -0.2) is 23.7 Å². The minimum absolute atomic E-state index is 0.0965. The van der Waals surface area contributed by atoms with E-state index >= 15 is 0 Å². The highest BCUT2D eigenvalue weighted by molar-refractivity contribution is 6.13. The lowest BCUT2D eigenvalue weighted by molar-refractivity contribution is -0.121. The number of carbonyl (C=O) groups is 1. The predicted octanol–water partition coefficient (Wildman–Crippen LogP) is 1.50. The Kier molecular flexibility index (Phi) is 2.48. The second-order valence-corrected chi connectivity index (χ2v) is 3.68. The SMILES string of the molecule is CC1=N/C(=C\c2ccccc2N)C(=O)N1C. The quantitative estimate of drug-likeness (QED) is 0.570. The average Bonchev–Trinajstić information content (AvgIpc) is 2.50. The molecule has 0 atom stereocenters. The molecule has 0 unspecified atom stereocenters. The van der Waals surface area contributed by atoms with Crippen molar-refractivity contribution >= 4 is 23.5 Å². The molecule has 1 aliphatic heterocycles. The van der Waals surface area contributed by atoms with Gasteiger partial charge in [-0.25, -0.2) is 4.99 Å². The number of nitrogen functional groups attached to an aromatic ring is 1. The van der Waals surface area contributed by atoms with Crippen molar-refractivity contribution in [2.75, 3.05) is 12.8 Å². The summed E-state index contributed by atoms with van der Waals surface area (Å²) in [5, 5.41) is 0. The van der Waals surface area contributed by atoms with Gasteiger partial charge in [0.15, 0.2) is 0 Å². The van der Waals surface area contributed by atoms with Crippen molar-refractivity contribution < 1.29 is 4.79 Å². The van der Waals surface area contributed by atoms with E-state index in [-0.39, 0.29) is 5.91 Å². The molecule has 1 heterocycles. The number of aliphatic imine (C=N–C) groups is 1. The van der Waals surface area contributed by atoms with Gasteiger partial charge in [0.25, 0.3) is 5.91 Å². The molecule has 1 amide bonds. The monoisotopic (exact) mass is 215 g/mol. The predicted molar refractivity (Wildman–Crippen MR) is 64.7 cm³/mol. The maximum atomic E-state index is 11.7. The number of para-hydroxylation sites is 1. The molecule has 0 aromatic heterocycles. The largest absolute Gasteiger partial charge is 0.398 e. The highest BCUT2D eigenvalue weighted by Gasteiger charge is 2.23. The minimum Gasteiger partial charge on any atom is -0.398 e. The van der Waals surface area contributed by atoms with E-state index in [9.17, 15) is 4.79 Å². The number of nitrogens with two attached hydrogens (primary N) is 1. The summed E-state index contributed by atoms with van der Waals surface area (Å²) in [6.45, 7) is 1.80. The Bertz CT molecular complexity index is 503. The zero-order valence-corrected chi connectivity index (χ0v) is 9.27. The van der Waals surface area contributed by atoms with E-state index in [1.807, 2.05) is 18.2 Å². The average molecular weight is 215 g/mol. The molecule has 2 rings (SSSR count). The van der Waals surface area contributed by atoms with Crippen molar-refractivity contribution in [3.05, 3.63) is 35.5 Å². The fraction of sp³-hybridized carbons (Fsp3) is 0.167. The number of hydrogen-bond acceptors (Lipinski definition) is 3. The lowest BCUT2D eigenvalue weighted by Gasteiger charge is -2.06. The summed E-state index contributed by atoms with van der Waals surface area (Å²) in [4.78, 5) is 17.4. The van der Waals surface area contributed by atoms with Gasteiger partial charge in [0.05, 0.1) is 0 Å². The van der Waals surface area contributed by atoms with Crippen LogP contribution in [0.1, 0.15) is 12.5 Å². The fourth-order valence-corrected chi connectivity index (χ4v) is 1.50. The Morgan fingerprint density at radius 2 is 2.06 bits per heavy atom. The Labute approximate surface area is 94.1 Å². The number of anilines is 1. The van der Waals surface area contributed by atoms with Gasteiger partial charge >= 0.3 is 0 Å². The normalized spacial score (nSPS) is 18.1. The number of benzene rings is 1. The maximum Gasteiger partial charge on any atom is 0.277 e. The second-order valence-electron chi connectivity index (χ2n) is 3.68. The van der Waals surface area contributed by atoms with Crippen LogP contribution in [-0.2, 0) is 4.79 Å². The number of likely N-dealkylation sites (N-methyl/N-ethyl adjacent to an activating group) is 1. The second kappa shape index (κ2) is 3.81. The number of nitrogens with zero attached hydrogens (tertiary/aromatic N) is 2. The first kappa shape index (κ1) is 10.4. The molecule has 0 radical (unpaired) electrons. The molecule has 82 valence electrons. The molecule has 4 heteroatoms. The van der Waals surface area contributed by atoms with Crippen molar-refractivity contribution in [2.24, 2.45) is 4.99 Å². The molecule has 1 aromatic rings. The Morgan fingerprint density at radius 1 is 1.38 bits per heavy atom. The first-order valence-corrected chi connectivity index (χ1v) is 4.99. The summed E-state index contributed by atoms with van der Waals surface area (Å²) in [6.07, 6.45) is 1.71. The summed E-state index contributed by atoms with van der Waals surface area (Å²) in [5.74, 6) is 0.603. The smallest absolute Gasteiger partial charge is 0.277 e. The van der Waals surface area contributed by atoms with Gasteiger partial charge in [0.1, 0.15) is 11.5 Å². The van der Waals surface area contributed by atoms with Crippen molar-refractivity contribution in [3.8, 4) is 0 Å². The van der Waals surface area contributed by atoms with Gasteiger partial charge in [0.2, 0.25) is 0 Å². The Hall–Kier alpha value is -2.10. The van der Waals surface area contributed by atoms with Crippen molar-refractivity contribution in [1.29, 1.82) is 0 Å². The highest BCUT2D eigenvalue weighted by atomic mass is 16.2.